The van der Waals surface area contributed by atoms with Crippen LogP contribution in [0.4, 0.5) is 0 Å². The van der Waals surface area contributed by atoms with E-state index in [1.54, 1.807) is 30.9 Å². The smallest absolute Gasteiger partial charge is 0.320 e. The molecule has 0 bridgehead atoms. The van der Waals surface area contributed by atoms with Gasteiger partial charge >= 0.3 is 5.97 Å². The maximum absolute atomic E-state index is 12.1. The normalized spacial score (nSPS) is 18.3. The Labute approximate surface area is 111 Å². The molecule has 1 fully saturated rings. The van der Waals surface area contributed by atoms with Crippen molar-refractivity contribution in [2.45, 2.75) is 19.9 Å². The van der Waals surface area contributed by atoms with E-state index in [1.165, 1.54) is 0 Å². The molecule has 6 nitrogen and oxygen atoms in total. The second-order valence-corrected chi connectivity index (χ2v) is 4.75. The lowest BCUT2D eigenvalue weighted by Crippen LogP contribution is -2.53. The van der Waals surface area contributed by atoms with E-state index >= 15 is 0 Å². The van der Waals surface area contributed by atoms with E-state index in [2.05, 4.69) is 0 Å². The molecule has 104 valence electrons. The molecule has 2 rings (SSSR count). The number of hydrogen-bond donors (Lipinski definition) is 1. The van der Waals surface area contributed by atoms with Gasteiger partial charge in [0.2, 0.25) is 0 Å². The second-order valence-electron chi connectivity index (χ2n) is 4.75. The van der Waals surface area contributed by atoms with Crippen molar-refractivity contribution >= 4 is 11.9 Å². The average Bonchev–Trinajstić information content (AvgIpc) is 2.84. The van der Waals surface area contributed by atoms with Crippen molar-refractivity contribution in [3.63, 3.8) is 0 Å². The number of nitrogens with zero attached hydrogens (tertiary/aromatic N) is 2. The minimum absolute atomic E-state index is 0.129. The Bertz CT molecular complexity index is 475. The molecule has 19 heavy (non-hydrogen) atoms. The van der Waals surface area contributed by atoms with Crippen molar-refractivity contribution in [3.05, 3.63) is 23.7 Å². The maximum atomic E-state index is 12.1. The average molecular weight is 266 g/mol. The molecule has 1 aliphatic heterocycles. The van der Waals surface area contributed by atoms with Crippen LogP contribution in [0, 0.1) is 6.92 Å². The van der Waals surface area contributed by atoms with Crippen molar-refractivity contribution in [1.29, 1.82) is 0 Å². The number of carbonyl (C=O) groups is 2. The van der Waals surface area contributed by atoms with Gasteiger partial charge in [-0.05, 0) is 26.0 Å². The Morgan fingerprint density at radius 3 is 2.37 bits per heavy atom. The second kappa shape index (κ2) is 5.44. The van der Waals surface area contributed by atoms with Crippen LogP contribution in [0.2, 0.25) is 0 Å². The van der Waals surface area contributed by atoms with Crippen LogP contribution >= 0.6 is 0 Å². The third-order valence-electron chi connectivity index (χ3n) is 3.46. The van der Waals surface area contributed by atoms with Gasteiger partial charge in [-0.2, -0.15) is 0 Å². The first kappa shape index (κ1) is 13.6. The summed E-state index contributed by atoms with van der Waals surface area (Å²) in [5, 5.41) is 8.95. The highest BCUT2D eigenvalue weighted by atomic mass is 16.4. The molecule has 1 unspecified atom stereocenters. The summed E-state index contributed by atoms with van der Waals surface area (Å²) in [5.41, 5.74) is 0. The fraction of sp³-hybridized carbons (Fsp3) is 0.538. The molecule has 0 aromatic carbocycles. The number of amides is 1. The molecule has 1 amide bonds. The number of piperazine rings is 1. The first-order valence-corrected chi connectivity index (χ1v) is 6.31. The van der Waals surface area contributed by atoms with E-state index in [9.17, 15) is 9.59 Å². The van der Waals surface area contributed by atoms with Crippen LogP contribution in [-0.4, -0.2) is 59.0 Å². The summed E-state index contributed by atoms with van der Waals surface area (Å²) in [6.45, 7) is 5.64. The number of furan rings is 1. The molecule has 0 saturated carbocycles. The number of rotatable bonds is 3. The lowest BCUT2D eigenvalue weighted by Gasteiger charge is -2.36. The predicted octanol–water partition coefficient (Wildman–Crippen LogP) is 0.819. The zero-order valence-corrected chi connectivity index (χ0v) is 11.1. The predicted molar refractivity (Wildman–Crippen MR) is 68.0 cm³/mol. The highest BCUT2D eigenvalue weighted by molar-refractivity contribution is 5.91. The molecule has 1 N–H and O–H groups in total. The lowest BCUT2D eigenvalue weighted by atomic mass is 10.2. The Morgan fingerprint density at radius 1 is 1.26 bits per heavy atom. The van der Waals surface area contributed by atoms with Crippen molar-refractivity contribution in [3.8, 4) is 0 Å². The van der Waals surface area contributed by atoms with E-state index in [-0.39, 0.29) is 5.91 Å². The van der Waals surface area contributed by atoms with E-state index in [1.807, 2.05) is 4.90 Å². The van der Waals surface area contributed by atoms with Crippen LogP contribution in [0.1, 0.15) is 23.2 Å². The Balaban J connectivity index is 1.93. The molecule has 1 aliphatic rings. The number of carboxylic acid groups (broad SMARTS) is 1. The van der Waals surface area contributed by atoms with Crippen LogP contribution in [-0.2, 0) is 4.79 Å². The molecule has 6 heteroatoms. The fourth-order valence-corrected chi connectivity index (χ4v) is 2.17. The van der Waals surface area contributed by atoms with Crippen LogP contribution in [0.25, 0.3) is 0 Å². The summed E-state index contributed by atoms with van der Waals surface area (Å²) < 4.78 is 5.31. The van der Waals surface area contributed by atoms with Gasteiger partial charge in [-0.25, -0.2) is 0 Å². The topological polar surface area (TPSA) is 74.0 Å². The van der Waals surface area contributed by atoms with Crippen LogP contribution in [0.5, 0.6) is 0 Å². The zero-order chi connectivity index (χ0) is 14.0. The first-order valence-electron chi connectivity index (χ1n) is 6.31. The minimum Gasteiger partial charge on any atom is -0.480 e. The molecule has 0 aliphatic carbocycles. The van der Waals surface area contributed by atoms with Crippen molar-refractivity contribution in [2.75, 3.05) is 26.2 Å². The van der Waals surface area contributed by atoms with Crippen LogP contribution in [0.3, 0.4) is 0 Å². The first-order chi connectivity index (χ1) is 8.99. The van der Waals surface area contributed by atoms with Gasteiger partial charge in [-0.1, -0.05) is 0 Å². The van der Waals surface area contributed by atoms with E-state index in [0.717, 1.165) is 0 Å². The molecular formula is C13H18N2O4. The van der Waals surface area contributed by atoms with Crippen molar-refractivity contribution in [2.24, 2.45) is 0 Å². The number of aliphatic carboxylic acids is 1. The maximum Gasteiger partial charge on any atom is 0.320 e. The SMILES string of the molecule is Cc1ccc(C(=O)N2CCN(C(C)C(=O)O)CC2)o1. The Morgan fingerprint density at radius 2 is 1.89 bits per heavy atom. The number of carbonyl (C=O) groups excluding carboxylic acids is 1. The van der Waals surface area contributed by atoms with Crippen LogP contribution in [0.15, 0.2) is 16.5 Å². The van der Waals surface area contributed by atoms with Gasteiger partial charge in [-0.3, -0.25) is 14.5 Å². The molecule has 1 atom stereocenters. The van der Waals surface area contributed by atoms with Gasteiger partial charge in [-0.15, -0.1) is 0 Å². The fourth-order valence-electron chi connectivity index (χ4n) is 2.17. The van der Waals surface area contributed by atoms with Gasteiger partial charge < -0.3 is 14.4 Å². The molecule has 1 aromatic rings. The number of aryl methyl sites for hydroxylation is 1. The highest BCUT2D eigenvalue weighted by Crippen LogP contribution is 2.13. The molecular weight excluding hydrogens is 248 g/mol. The van der Waals surface area contributed by atoms with E-state index < -0.39 is 12.0 Å². The molecule has 0 radical (unpaired) electrons. The number of hydrogen-bond acceptors (Lipinski definition) is 4. The standard InChI is InChI=1S/C13H18N2O4/c1-9-3-4-11(19-9)12(16)15-7-5-14(6-8-15)10(2)13(17)18/h3-4,10H,5-8H2,1-2H3,(H,17,18). The third kappa shape index (κ3) is 2.96. The summed E-state index contributed by atoms with van der Waals surface area (Å²) in [7, 11) is 0. The molecule has 1 aromatic heterocycles. The Kier molecular flexibility index (Phi) is 3.90. The third-order valence-corrected chi connectivity index (χ3v) is 3.46. The lowest BCUT2D eigenvalue weighted by molar-refractivity contribution is -0.143. The summed E-state index contributed by atoms with van der Waals surface area (Å²) in [6, 6.07) is 2.92. The summed E-state index contributed by atoms with van der Waals surface area (Å²) in [5.74, 6) is 0.0934. The highest BCUT2D eigenvalue weighted by Gasteiger charge is 2.28. The van der Waals surface area contributed by atoms with Gasteiger partial charge in [0.15, 0.2) is 5.76 Å². The zero-order valence-electron chi connectivity index (χ0n) is 11.1. The van der Waals surface area contributed by atoms with Gasteiger partial charge in [0, 0.05) is 26.2 Å². The largest absolute Gasteiger partial charge is 0.480 e. The van der Waals surface area contributed by atoms with Crippen molar-refractivity contribution in [1.82, 2.24) is 9.80 Å². The van der Waals surface area contributed by atoms with Crippen molar-refractivity contribution < 1.29 is 19.1 Å². The Hall–Kier alpha value is -1.82. The summed E-state index contributed by atoms with van der Waals surface area (Å²) in [6.07, 6.45) is 0. The summed E-state index contributed by atoms with van der Waals surface area (Å²) >= 11 is 0. The molecule has 2 heterocycles. The van der Waals surface area contributed by atoms with E-state index in [4.69, 9.17) is 9.52 Å². The summed E-state index contributed by atoms with van der Waals surface area (Å²) in [4.78, 5) is 26.6. The van der Waals surface area contributed by atoms with Gasteiger partial charge in [0.1, 0.15) is 11.8 Å². The quantitative estimate of drug-likeness (QED) is 0.876. The monoisotopic (exact) mass is 266 g/mol. The van der Waals surface area contributed by atoms with E-state index in [0.29, 0.717) is 37.7 Å². The molecule has 0 spiro atoms. The minimum atomic E-state index is -0.832. The molecule has 1 saturated heterocycles. The van der Waals surface area contributed by atoms with Gasteiger partial charge in [0.05, 0.1) is 0 Å². The van der Waals surface area contributed by atoms with Gasteiger partial charge in [0.25, 0.3) is 5.91 Å². The number of carboxylic acids is 1. The van der Waals surface area contributed by atoms with Crippen LogP contribution < -0.4 is 0 Å².